The molecule has 0 saturated heterocycles. The van der Waals surface area contributed by atoms with E-state index >= 15 is 0 Å². The molecule has 1 unspecified atom stereocenters. The van der Waals surface area contributed by atoms with Gasteiger partial charge in [-0.15, -0.1) is 0 Å². The molecule has 0 radical (unpaired) electrons. The lowest BCUT2D eigenvalue weighted by molar-refractivity contribution is 0.370. The predicted molar refractivity (Wildman–Crippen MR) is 82.0 cm³/mol. The van der Waals surface area contributed by atoms with Crippen LogP contribution in [0.1, 0.15) is 51.1 Å². The van der Waals surface area contributed by atoms with Crippen molar-refractivity contribution in [3.63, 3.8) is 0 Å². The Labute approximate surface area is 116 Å². The predicted octanol–water partition coefficient (Wildman–Crippen LogP) is 4.45. The van der Waals surface area contributed by atoms with Crippen molar-refractivity contribution < 1.29 is 0 Å². The van der Waals surface area contributed by atoms with Gasteiger partial charge in [0.1, 0.15) is 0 Å². The highest BCUT2D eigenvalue weighted by Gasteiger charge is 2.20. The Hall–Kier alpha value is -1.41. The Morgan fingerprint density at radius 2 is 1.74 bits per heavy atom. The van der Waals surface area contributed by atoms with E-state index in [1.807, 2.05) is 12.3 Å². The monoisotopic (exact) mass is 256 g/mol. The average molecular weight is 256 g/mol. The van der Waals surface area contributed by atoms with Crippen molar-refractivity contribution in [2.24, 2.45) is 11.7 Å². The number of nitrogens with zero attached hydrogens (tertiary/aromatic N) is 1. The van der Waals surface area contributed by atoms with Crippen LogP contribution in [0.2, 0.25) is 0 Å². The largest absolute Gasteiger partial charge is 0.324 e. The lowest BCUT2D eigenvalue weighted by Gasteiger charge is -2.24. The molecule has 1 heterocycles. The molecule has 0 amide bonds. The second kappa shape index (κ2) is 6.67. The third-order valence-electron chi connectivity index (χ3n) is 3.85. The fourth-order valence-electron chi connectivity index (χ4n) is 2.90. The lowest BCUT2D eigenvalue weighted by atomic mass is 9.86. The summed E-state index contributed by atoms with van der Waals surface area (Å²) in [4.78, 5) is 4.52. The summed E-state index contributed by atoms with van der Waals surface area (Å²) in [5, 5.41) is 1.18. The maximum absolute atomic E-state index is 6.54. The van der Waals surface area contributed by atoms with E-state index in [0.717, 1.165) is 5.52 Å². The van der Waals surface area contributed by atoms with Crippen LogP contribution in [0.15, 0.2) is 36.5 Å². The molecule has 0 spiro atoms. The summed E-state index contributed by atoms with van der Waals surface area (Å²) in [5.74, 6) is 0.558. The highest BCUT2D eigenvalue weighted by atomic mass is 14.7. The normalized spacial score (nSPS) is 13.1. The van der Waals surface area contributed by atoms with Gasteiger partial charge < -0.3 is 5.73 Å². The number of nitrogens with two attached hydrogens (primary N) is 1. The standard InChI is InChI=1S/C17H24N2/c1-3-7-13(8-4-2)16(18)15-11-5-9-14-10-6-12-19-17(14)15/h5-6,9-13,16H,3-4,7-8,18H2,1-2H3. The molecule has 0 aliphatic rings. The number of hydrogen-bond acceptors (Lipinski definition) is 2. The van der Waals surface area contributed by atoms with Gasteiger partial charge in [0.05, 0.1) is 5.52 Å². The van der Waals surface area contributed by atoms with Gasteiger partial charge in [0.2, 0.25) is 0 Å². The molecule has 0 fully saturated rings. The van der Waals surface area contributed by atoms with Crippen LogP contribution in [0.25, 0.3) is 10.9 Å². The third kappa shape index (κ3) is 3.13. The molecule has 1 atom stereocenters. The molecule has 19 heavy (non-hydrogen) atoms. The molecule has 0 saturated carbocycles. The number of rotatable bonds is 6. The van der Waals surface area contributed by atoms with Crippen LogP contribution >= 0.6 is 0 Å². The fraction of sp³-hybridized carbons (Fsp3) is 0.471. The first kappa shape index (κ1) is 14.0. The topological polar surface area (TPSA) is 38.9 Å². The molecule has 1 aromatic heterocycles. The van der Waals surface area contributed by atoms with E-state index in [2.05, 4.69) is 43.1 Å². The molecule has 102 valence electrons. The summed E-state index contributed by atoms with van der Waals surface area (Å²) in [6, 6.07) is 10.5. The van der Waals surface area contributed by atoms with Crippen LogP contribution in [0.5, 0.6) is 0 Å². The van der Waals surface area contributed by atoms with Crippen LogP contribution in [0.3, 0.4) is 0 Å². The Morgan fingerprint density at radius 3 is 2.42 bits per heavy atom. The van der Waals surface area contributed by atoms with E-state index in [1.165, 1.54) is 36.6 Å². The Morgan fingerprint density at radius 1 is 1.05 bits per heavy atom. The molecule has 0 aliphatic heterocycles. The van der Waals surface area contributed by atoms with Crippen LogP contribution in [-0.4, -0.2) is 4.98 Å². The minimum Gasteiger partial charge on any atom is -0.324 e. The summed E-state index contributed by atoms with van der Waals surface area (Å²) in [7, 11) is 0. The van der Waals surface area contributed by atoms with Crippen molar-refractivity contribution in [1.82, 2.24) is 4.98 Å². The number of aromatic nitrogens is 1. The maximum Gasteiger partial charge on any atom is 0.0749 e. The summed E-state index contributed by atoms with van der Waals surface area (Å²) >= 11 is 0. The van der Waals surface area contributed by atoms with Crippen LogP contribution in [-0.2, 0) is 0 Å². The highest BCUT2D eigenvalue weighted by molar-refractivity contribution is 5.82. The first-order valence-electron chi connectivity index (χ1n) is 7.37. The Kier molecular flexibility index (Phi) is 4.92. The highest BCUT2D eigenvalue weighted by Crippen LogP contribution is 2.31. The number of para-hydroxylation sites is 1. The second-order valence-corrected chi connectivity index (χ2v) is 5.29. The van der Waals surface area contributed by atoms with Crippen molar-refractivity contribution in [3.8, 4) is 0 Å². The minimum atomic E-state index is 0.0958. The van der Waals surface area contributed by atoms with Gasteiger partial charge in [-0.2, -0.15) is 0 Å². The summed E-state index contributed by atoms with van der Waals surface area (Å²) in [6.45, 7) is 4.47. The SMILES string of the molecule is CCCC(CCC)C(N)c1cccc2cccnc12. The zero-order chi connectivity index (χ0) is 13.7. The first-order valence-corrected chi connectivity index (χ1v) is 7.37. The number of fused-ring (bicyclic) bond motifs is 1. The molecule has 2 rings (SSSR count). The van der Waals surface area contributed by atoms with Gasteiger partial charge in [-0.1, -0.05) is 51.0 Å². The number of pyridine rings is 1. The van der Waals surface area contributed by atoms with Gasteiger partial charge >= 0.3 is 0 Å². The maximum atomic E-state index is 6.54. The van der Waals surface area contributed by atoms with Crippen molar-refractivity contribution >= 4 is 10.9 Å². The first-order chi connectivity index (χ1) is 9.27. The Bertz CT molecular complexity index is 510. The van der Waals surface area contributed by atoms with E-state index in [1.54, 1.807) is 0 Å². The van der Waals surface area contributed by atoms with Gasteiger partial charge in [0.25, 0.3) is 0 Å². The number of benzene rings is 1. The minimum absolute atomic E-state index is 0.0958. The van der Waals surface area contributed by atoms with Gasteiger partial charge in [-0.25, -0.2) is 0 Å². The van der Waals surface area contributed by atoms with E-state index in [9.17, 15) is 0 Å². The van der Waals surface area contributed by atoms with Crippen molar-refractivity contribution in [1.29, 1.82) is 0 Å². The zero-order valence-electron chi connectivity index (χ0n) is 12.0. The van der Waals surface area contributed by atoms with E-state index in [4.69, 9.17) is 5.73 Å². The van der Waals surface area contributed by atoms with Gasteiger partial charge in [0, 0.05) is 17.6 Å². The van der Waals surface area contributed by atoms with E-state index in [0.29, 0.717) is 5.92 Å². The lowest BCUT2D eigenvalue weighted by Crippen LogP contribution is -2.22. The molecule has 0 bridgehead atoms. The summed E-state index contributed by atoms with van der Waals surface area (Å²) < 4.78 is 0. The average Bonchev–Trinajstić information content (AvgIpc) is 2.46. The van der Waals surface area contributed by atoms with Crippen LogP contribution in [0, 0.1) is 5.92 Å². The molecular formula is C17H24N2. The van der Waals surface area contributed by atoms with Crippen LogP contribution in [0.4, 0.5) is 0 Å². The molecule has 0 aliphatic carbocycles. The zero-order valence-corrected chi connectivity index (χ0v) is 12.0. The van der Waals surface area contributed by atoms with Gasteiger partial charge in [-0.05, 0) is 30.4 Å². The molecule has 2 heteroatoms. The molecule has 2 N–H and O–H groups in total. The third-order valence-corrected chi connectivity index (χ3v) is 3.85. The van der Waals surface area contributed by atoms with Gasteiger partial charge in [-0.3, -0.25) is 4.98 Å². The molecule has 1 aromatic carbocycles. The van der Waals surface area contributed by atoms with Crippen molar-refractivity contribution in [2.45, 2.75) is 45.6 Å². The van der Waals surface area contributed by atoms with Gasteiger partial charge in [0.15, 0.2) is 0 Å². The van der Waals surface area contributed by atoms with Crippen molar-refractivity contribution in [2.75, 3.05) is 0 Å². The smallest absolute Gasteiger partial charge is 0.0749 e. The molecule has 2 aromatic rings. The fourth-order valence-corrected chi connectivity index (χ4v) is 2.90. The van der Waals surface area contributed by atoms with E-state index in [-0.39, 0.29) is 6.04 Å². The number of hydrogen-bond donors (Lipinski definition) is 1. The Balaban J connectivity index is 2.36. The second-order valence-electron chi connectivity index (χ2n) is 5.29. The van der Waals surface area contributed by atoms with E-state index < -0.39 is 0 Å². The quantitative estimate of drug-likeness (QED) is 0.829. The molecular weight excluding hydrogens is 232 g/mol. The summed E-state index contributed by atoms with van der Waals surface area (Å²) in [5.41, 5.74) is 8.80. The van der Waals surface area contributed by atoms with Crippen molar-refractivity contribution in [3.05, 3.63) is 42.1 Å². The molecule has 2 nitrogen and oxygen atoms in total. The summed E-state index contributed by atoms with van der Waals surface area (Å²) in [6.07, 6.45) is 6.62. The van der Waals surface area contributed by atoms with Crippen LogP contribution < -0.4 is 5.73 Å².